The summed E-state index contributed by atoms with van der Waals surface area (Å²) >= 11 is 5.77. The van der Waals surface area contributed by atoms with Crippen LogP contribution in [0.1, 0.15) is 19.3 Å². The van der Waals surface area contributed by atoms with E-state index >= 15 is 0 Å². The molecule has 0 aliphatic heterocycles. The third-order valence-electron chi connectivity index (χ3n) is 2.91. The molecule has 0 heterocycles. The molecule has 3 heteroatoms. The zero-order chi connectivity index (χ0) is 9.84. The van der Waals surface area contributed by atoms with Crippen molar-refractivity contribution in [3.05, 3.63) is 11.6 Å². The minimum atomic E-state index is 0.612. The van der Waals surface area contributed by atoms with E-state index in [0.717, 1.165) is 13.1 Å². The Labute approximate surface area is 85.7 Å². The van der Waals surface area contributed by atoms with E-state index in [1.165, 1.54) is 19.3 Å². The predicted molar refractivity (Wildman–Crippen MR) is 57.8 cm³/mol. The van der Waals surface area contributed by atoms with Gasteiger partial charge in [-0.2, -0.15) is 0 Å². The number of halogens is 1. The summed E-state index contributed by atoms with van der Waals surface area (Å²) in [5.41, 5.74) is 5.71. The van der Waals surface area contributed by atoms with E-state index in [1.807, 2.05) is 0 Å². The highest BCUT2D eigenvalue weighted by atomic mass is 35.5. The quantitative estimate of drug-likeness (QED) is 0.754. The number of likely N-dealkylation sites (N-methyl/N-ethyl adjacent to an activating group) is 1. The summed E-state index contributed by atoms with van der Waals surface area (Å²) in [6, 6.07) is 0.612. The normalized spacial score (nSPS) is 28.3. The summed E-state index contributed by atoms with van der Waals surface area (Å²) in [6.45, 7) is 5.29. The molecule has 0 amide bonds. The Morgan fingerprint density at radius 2 is 2.31 bits per heavy atom. The first-order chi connectivity index (χ1) is 6.15. The first-order valence-electron chi connectivity index (χ1n) is 4.88. The monoisotopic (exact) mass is 202 g/mol. The van der Waals surface area contributed by atoms with Gasteiger partial charge in [0.15, 0.2) is 0 Å². The number of hydrogen-bond acceptors (Lipinski definition) is 2. The molecule has 1 fully saturated rings. The largest absolute Gasteiger partial charge is 0.330 e. The molecule has 0 spiro atoms. The fraction of sp³-hybridized carbons (Fsp3) is 0.800. The molecular weight excluding hydrogens is 184 g/mol. The molecule has 1 aliphatic carbocycles. The maximum Gasteiger partial charge on any atom is 0.0335 e. The molecule has 0 aromatic rings. The van der Waals surface area contributed by atoms with Crippen LogP contribution in [0.25, 0.3) is 0 Å². The van der Waals surface area contributed by atoms with Crippen LogP contribution in [-0.4, -0.2) is 31.1 Å². The number of nitrogens with two attached hydrogens (primary N) is 1. The van der Waals surface area contributed by atoms with Crippen molar-refractivity contribution in [3.8, 4) is 0 Å². The Morgan fingerprint density at radius 1 is 1.62 bits per heavy atom. The van der Waals surface area contributed by atoms with E-state index in [9.17, 15) is 0 Å². The topological polar surface area (TPSA) is 29.3 Å². The number of rotatable bonds is 4. The first kappa shape index (κ1) is 11.0. The maximum atomic E-state index is 5.77. The molecular formula is C10H19ClN2. The minimum Gasteiger partial charge on any atom is -0.330 e. The van der Waals surface area contributed by atoms with Crippen LogP contribution in [0.4, 0.5) is 0 Å². The minimum absolute atomic E-state index is 0.612. The zero-order valence-corrected chi connectivity index (χ0v) is 9.06. The lowest BCUT2D eigenvalue weighted by molar-refractivity contribution is 0.218. The fourth-order valence-electron chi connectivity index (χ4n) is 2.26. The van der Waals surface area contributed by atoms with E-state index in [0.29, 0.717) is 17.0 Å². The van der Waals surface area contributed by atoms with Gasteiger partial charge in [-0.05, 0) is 32.4 Å². The maximum absolute atomic E-state index is 5.77. The van der Waals surface area contributed by atoms with E-state index in [-0.39, 0.29) is 0 Å². The predicted octanol–water partition coefficient (Wildman–Crippen LogP) is 1.80. The Morgan fingerprint density at radius 3 is 2.85 bits per heavy atom. The molecule has 2 N–H and O–H groups in total. The van der Waals surface area contributed by atoms with Gasteiger partial charge in [-0.25, -0.2) is 0 Å². The molecule has 0 saturated heterocycles. The Bertz CT molecular complexity index is 182. The molecule has 2 nitrogen and oxygen atoms in total. The van der Waals surface area contributed by atoms with Gasteiger partial charge >= 0.3 is 0 Å². The van der Waals surface area contributed by atoms with Gasteiger partial charge in [0.25, 0.3) is 0 Å². The van der Waals surface area contributed by atoms with Crippen molar-refractivity contribution < 1.29 is 0 Å². The first-order valence-corrected chi connectivity index (χ1v) is 5.26. The molecule has 13 heavy (non-hydrogen) atoms. The van der Waals surface area contributed by atoms with Crippen molar-refractivity contribution >= 4 is 11.6 Å². The molecule has 76 valence electrons. The highest BCUT2D eigenvalue weighted by molar-refractivity contribution is 6.29. The SMILES string of the molecule is C=C(Cl)CN(C)C1CCCC1CN. The Balaban J connectivity index is 2.44. The number of nitrogens with zero attached hydrogens (tertiary/aromatic N) is 1. The number of hydrogen-bond donors (Lipinski definition) is 1. The van der Waals surface area contributed by atoms with Crippen LogP contribution in [0.2, 0.25) is 0 Å². The second kappa shape index (κ2) is 4.99. The summed E-state index contributed by atoms with van der Waals surface area (Å²) in [7, 11) is 2.10. The van der Waals surface area contributed by atoms with Crippen LogP contribution >= 0.6 is 11.6 Å². The third kappa shape index (κ3) is 2.97. The molecule has 1 rings (SSSR count). The van der Waals surface area contributed by atoms with Gasteiger partial charge < -0.3 is 5.73 Å². The average Bonchev–Trinajstić information content (AvgIpc) is 2.49. The van der Waals surface area contributed by atoms with E-state index < -0.39 is 0 Å². The summed E-state index contributed by atoms with van der Waals surface area (Å²) in [4.78, 5) is 2.28. The molecule has 2 atom stereocenters. The van der Waals surface area contributed by atoms with Gasteiger partial charge in [0.05, 0.1) is 0 Å². The fourth-order valence-corrected chi connectivity index (χ4v) is 2.45. The highest BCUT2D eigenvalue weighted by Gasteiger charge is 2.28. The van der Waals surface area contributed by atoms with Gasteiger partial charge in [0.1, 0.15) is 0 Å². The van der Waals surface area contributed by atoms with E-state index in [4.69, 9.17) is 17.3 Å². The van der Waals surface area contributed by atoms with Crippen molar-refractivity contribution in [2.24, 2.45) is 11.7 Å². The second-order valence-corrected chi connectivity index (χ2v) is 4.46. The summed E-state index contributed by atoms with van der Waals surface area (Å²) in [5.74, 6) is 0.654. The van der Waals surface area contributed by atoms with Crippen molar-refractivity contribution in [3.63, 3.8) is 0 Å². The lowest BCUT2D eigenvalue weighted by Crippen LogP contribution is -2.38. The van der Waals surface area contributed by atoms with Crippen LogP contribution in [0, 0.1) is 5.92 Å². The molecule has 0 bridgehead atoms. The molecule has 0 aromatic carbocycles. The van der Waals surface area contributed by atoms with Gasteiger partial charge in [-0.15, -0.1) is 0 Å². The Kier molecular flexibility index (Phi) is 4.23. The lowest BCUT2D eigenvalue weighted by Gasteiger charge is -2.28. The lowest BCUT2D eigenvalue weighted by atomic mass is 10.0. The average molecular weight is 203 g/mol. The van der Waals surface area contributed by atoms with Crippen LogP contribution < -0.4 is 5.73 Å². The van der Waals surface area contributed by atoms with Gasteiger partial charge in [-0.1, -0.05) is 24.6 Å². The van der Waals surface area contributed by atoms with E-state index in [1.54, 1.807) is 0 Å². The van der Waals surface area contributed by atoms with Crippen molar-refractivity contribution in [2.45, 2.75) is 25.3 Å². The van der Waals surface area contributed by atoms with Crippen LogP contribution in [0.5, 0.6) is 0 Å². The van der Waals surface area contributed by atoms with Crippen molar-refractivity contribution in [1.29, 1.82) is 0 Å². The third-order valence-corrected chi connectivity index (χ3v) is 3.03. The van der Waals surface area contributed by atoms with Crippen molar-refractivity contribution in [1.82, 2.24) is 4.90 Å². The second-order valence-electron chi connectivity index (χ2n) is 3.93. The van der Waals surface area contributed by atoms with Gasteiger partial charge in [0, 0.05) is 17.6 Å². The van der Waals surface area contributed by atoms with Crippen molar-refractivity contribution in [2.75, 3.05) is 20.1 Å². The van der Waals surface area contributed by atoms with Crippen LogP contribution in [0.3, 0.4) is 0 Å². The molecule has 0 aromatic heterocycles. The van der Waals surface area contributed by atoms with Crippen LogP contribution in [-0.2, 0) is 0 Å². The van der Waals surface area contributed by atoms with Crippen LogP contribution in [0.15, 0.2) is 11.6 Å². The zero-order valence-electron chi connectivity index (χ0n) is 8.30. The molecule has 1 saturated carbocycles. The standard InChI is InChI=1S/C10H19ClN2/c1-8(11)7-13(2)10-5-3-4-9(10)6-12/h9-10H,1,3-7,12H2,2H3. The van der Waals surface area contributed by atoms with E-state index in [2.05, 4.69) is 18.5 Å². The Hall–Kier alpha value is -0.0500. The summed E-state index contributed by atoms with van der Waals surface area (Å²) in [6.07, 6.45) is 3.81. The highest BCUT2D eigenvalue weighted by Crippen LogP contribution is 2.28. The van der Waals surface area contributed by atoms with Gasteiger partial charge in [-0.3, -0.25) is 4.90 Å². The summed E-state index contributed by atoms with van der Waals surface area (Å²) < 4.78 is 0. The smallest absolute Gasteiger partial charge is 0.0335 e. The van der Waals surface area contributed by atoms with Gasteiger partial charge in [0.2, 0.25) is 0 Å². The molecule has 0 radical (unpaired) electrons. The molecule has 2 unspecified atom stereocenters. The summed E-state index contributed by atoms with van der Waals surface area (Å²) in [5, 5.41) is 0.713. The molecule has 1 aliphatic rings.